The van der Waals surface area contributed by atoms with E-state index in [-0.39, 0.29) is 17.0 Å². The topological polar surface area (TPSA) is 102 Å². The lowest BCUT2D eigenvalue weighted by Gasteiger charge is -2.08. The monoisotopic (exact) mass is 286 g/mol. The number of aliphatic hydroxyl groups excluding tert-OH is 1. The molecule has 0 fully saturated rings. The minimum atomic E-state index is -3.73. The molecule has 0 saturated carbocycles. The number of nitrogens with one attached hydrogen (secondary N) is 1. The van der Waals surface area contributed by atoms with Crippen molar-refractivity contribution < 1.29 is 17.9 Å². The first-order valence-corrected chi connectivity index (χ1v) is 7.07. The number of benzene rings is 1. The van der Waals surface area contributed by atoms with Crippen LogP contribution in [0.5, 0.6) is 0 Å². The molecule has 0 aliphatic rings. The highest BCUT2D eigenvalue weighted by molar-refractivity contribution is 7.89. The maximum absolute atomic E-state index is 11.9. The lowest BCUT2D eigenvalue weighted by Crippen LogP contribution is -2.30. The minimum absolute atomic E-state index is 0.0185. The van der Waals surface area contributed by atoms with Crippen molar-refractivity contribution in [2.45, 2.75) is 17.9 Å². The molecule has 0 aliphatic carbocycles. The van der Waals surface area contributed by atoms with E-state index in [0.717, 1.165) is 0 Å². The average molecular weight is 286 g/mol. The van der Waals surface area contributed by atoms with Crippen LogP contribution in [0.1, 0.15) is 6.92 Å². The van der Waals surface area contributed by atoms with E-state index >= 15 is 0 Å². The van der Waals surface area contributed by atoms with Crippen LogP contribution in [-0.2, 0) is 17.1 Å². The van der Waals surface area contributed by atoms with Crippen molar-refractivity contribution in [1.29, 1.82) is 0 Å². The summed E-state index contributed by atoms with van der Waals surface area (Å²) in [6, 6.07) is 4.15. The van der Waals surface area contributed by atoms with Gasteiger partial charge in [0.1, 0.15) is 0 Å². The quantitative estimate of drug-likeness (QED) is 0.810. The van der Waals surface area contributed by atoms with Gasteiger partial charge in [0.05, 0.1) is 16.5 Å². The summed E-state index contributed by atoms with van der Waals surface area (Å²) in [5, 5.41) is 9.08. The van der Waals surface area contributed by atoms with Crippen LogP contribution in [0.3, 0.4) is 0 Å². The number of aliphatic hydroxyl groups is 1. The number of nitrogens with zero attached hydrogens (tertiary/aromatic N) is 1. The summed E-state index contributed by atoms with van der Waals surface area (Å²) in [7, 11) is -2.20. The summed E-state index contributed by atoms with van der Waals surface area (Å²) < 4.78 is 32.3. The van der Waals surface area contributed by atoms with Gasteiger partial charge in [0.15, 0.2) is 5.58 Å². The molecule has 2 N–H and O–H groups in total. The molecule has 1 aromatic carbocycles. The zero-order valence-corrected chi connectivity index (χ0v) is 11.3. The number of oxazole rings is 1. The Balaban J connectivity index is 2.43. The highest BCUT2D eigenvalue weighted by atomic mass is 32.2. The number of hydrogen-bond donors (Lipinski definition) is 2. The Labute approximate surface area is 109 Å². The van der Waals surface area contributed by atoms with Crippen molar-refractivity contribution in [1.82, 2.24) is 9.29 Å². The Morgan fingerprint density at radius 2 is 2.16 bits per heavy atom. The van der Waals surface area contributed by atoms with E-state index < -0.39 is 21.9 Å². The molecule has 1 atom stereocenters. The first-order valence-electron chi connectivity index (χ1n) is 5.58. The van der Waals surface area contributed by atoms with E-state index in [4.69, 9.17) is 9.52 Å². The van der Waals surface area contributed by atoms with Crippen LogP contribution in [0.25, 0.3) is 11.1 Å². The molecular weight excluding hydrogens is 272 g/mol. The van der Waals surface area contributed by atoms with Crippen LogP contribution in [0, 0.1) is 0 Å². The van der Waals surface area contributed by atoms with Gasteiger partial charge < -0.3 is 9.52 Å². The Morgan fingerprint density at radius 1 is 1.47 bits per heavy atom. The largest absolute Gasteiger partial charge is 0.419 e. The van der Waals surface area contributed by atoms with Crippen LogP contribution in [0.2, 0.25) is 0 Å². The molecular formula is C11H14N2O5S. The number of aromatic nitrogens is 1. The molecule has 1 aromatic heterocycles. The summed E-state index contributed by atoms with van der Waals surface area (Å²) in [6.07, 6.45) is -0.784. The summed E-state index contributed by atoms with van der Waals surface area (Å²) in [4.78, 5) is 11.3. The Hall–Kier alpha value is -1.64. The molecule has 0 saturated heterocycles. The number of rotatable bonds is 4. The first kappa shape index (κ1) is 13.8. The summed E-state index contributed by atoms with van der Waals surface area (Å²) in [5.41, 5.74) is 0.715. The third-order valence-corrected chi connectivity index (χ3v) is 4.06. The molecule has 0 aliphatic heterocycles. The van der Waals surface area contributed by atoms with Gasteiger partial charge in [-0.1, -0.05) is 0 Å². The maximum Gasteiger partial charge on any atom is 0.419 e. The molecule has 19 heavy (non-hydrogen) atoms. The van der Waals surface area contributed by atoms with Crippen LogP contribution in [0.15, 0.2) is 32.3 Å². The van der Waals surface area contributed by atoms with Crippen molar-refractivity contribution in [3.63, 3.8) is 0 Å². The minimum Gasteiger partial charge on any atom is -0.408 e. The van der Waals surface area contributed by atoms with Crippen LogP contribution >= 0.6 is 0 Å². The van der Waals surface area contributed by atoms with Gasteiger partial charge in [-0.05, 0) is 19.1 Å². The van der Waals surface area contributed by atoms with Crippen LogP contribution in [0.4, 0.5) is 0 Å². The Kier molecular flexibility index (Phi) is 3.48. The predicted octanol–water partition coefficient (Wildman–Crippen LogP) is -0.209. The van der Waals surface area contributed by atoms with Crippen molar-refractivity contribution in [3.05, 3.63) is 28.7 Å². The van der Waals surface area contributed by atoms with Crippen LogP contribution < -0.4 is 10.5 Å². The van der Waals surface area contributed by atoms with Crippen molar-refractivity contribution >= 4 is 21.1 Å². The van der Waals surface area contributed by atoms with E-state index in [1.165, 1.54) is 36.7 Å². The zero-order chi connectivity index (χ0) is 14.2. The second-order valence-electron chi connectivity index (χ2n) is 4.26. The van der Waals surface area contributed by atoms with Gasteiger partial charge in [-0.25, -0.2) is 17.9 Å². The summed E-state index contributed by atoms with van der Waals surface area (Å²) in [6.45, 7) is 1.39. The van der Waals surface area contributed by atoms with Gasteiger partial charge in [-0.3, -0.25) is 4.57 Å². The van der Waals surface area contributed by atoms with Crippen molar-refractivity contribution in [3.8, 4) is 0 Å². The normalized spacial score (nSPS) is 13.8. The van der Waals surface area contributed by atoms with Gasteiger partial charge in [0, 0.05) is 19.7 Å². The lowest BCUT2D eigenvalue weighted by atomic mass is 10.3. The molecule has 1 unspecified atom stereocenters. The standard InChI is InChI=1S/C11H14N2O5S/c1-7(14)6-12-19(16,17)8-3-4-9-10(5-8)18-11(15)13(9)2/h3-5,7,12,14H,6H2,1-2H3. The first-order chi connectivity index (χ1) is 8.81. The molecule has 2 aromatic rings. The molecule has 7 nitrogen and oxygen atoms in total. The third kappa shape index (κ3) is 2.70. The predicted molar refractivity (Wildman–Crippen MR) is 68.3 cm³/mol. The second-order valence-corrected chi connectivity index (χ2v) is 6.02. The highest BCUT2D eigenvalue weighted by Crippen LogP contribution is 2.17. The van der Waals surface area contributed by atoms with E-state index in [2.05, 4.69) is 4.72 Å². The molecule has 0 radical (unpaired) electrons. The van der Waals surface area contributed by atoms with Gasteiger partial charge in [0.2, 0.25) is 10.0 Å². The number of fused-ring (bicyclic) bond motifs is 1. The van der Waals surface area contributed by atoms with Gasteiger partial charge in [0.25, 0.3) is 0 Å². The van der Waals surface area contributed by atoms with Gasteiger partial charge in [-0.15, -0.1) is 0 Å². The number of hydrogen-bond acceptors (Lipinski definition) is 5. The smallest absolute Gasteiger partial charge is 0.408 e. The maximum atomic E-state index is 11.9. The molecule has 1 heterocycles. The van der Waals surface area contributed by atoms with Crippen LogP contribution in [-0.4, -0.2) is 30.7 Å². The summed E-state index contributed by atoms with van der Waals surface area (Å²) >= 11 is 0. The Bertz CT molecular complexity index is 757. The number of aryl methyl sites for hydroxylation is 1. The van der Waals surface area contributed by atoms with Crippen molar-refractivity contribution in [2.24, 2.45) is 7.05 Å². The molecule has 0 spiro atoms. The fourth-order valence-electron chi connectivity index (χ4n) is 1.59. The Morgan fingerprint density at radius 3 is 2.79 bits per heavy atom. The summed E-state index contributed by atoms with van der Waals surface area (Å²) in [5.74, 6) is -0.554. The number of sulfonamides is 1. The molecule has 8 heteroatoms. The van der Waals surface area contributed by atoms with Gasteiger partial charge >= 0.3 is 5.76 Å². The fraction of sp³-hybridized carbons (Fsp3) is 0.364. The van der Waals surface area contributed by atoms with E-state index in [1.54, 1.807) is 0 Å². The second kappa shape index (κ2) is 4.80. The zero-order valence-electron chi connectivity index (χ0n) is 10.5. The highest BCUT2D eigenvalue weighted by Gasteiger charge is 2.17. The van der Waals surface area contributed by atoms with Crippen molar-refractivity contribution in [2.75, 3.05) is 6.54 Å². The van der Waals surface area contributed by atoms with Gasteiger partial charge in [-0.2, -0.15) is 0 Å². The SMILES string of the molecule is CC(O)CNS(=O)(=O)c1ccc2c(c1)oc(=O)n2C. The molecule has 2 rings (SSSR count). The molecule has 0 amide bonds. The fourth-order valence-corrected chi connectivity index (χ4v) is 2.73. The van der Waals surface area contributed by atoms with E-state index in [1.807, 2.05) is 0 Å². The van der Waals surface area contributed by atoms with E-state index in [0.29, 0.717) is 5.52 Å². The van der Waals surface area contributed by atoms with E-state index in [9.17, 15) is 13.2 Å². The molecule has 104 valence electrons. The molecule has 0 bridgehead atoms. The third-order valence-electron chi connectivity index (χ3n) is 2.64. The lowest BCUT2D eigenvalue weighted by molar-refractivity contribution is 0.198. The average Bonchev–Trinajstić information content (AvgIpc) is 2.62.